The molecule has 0 fully saturated rings. The van der Waals surface area contributed by atoms with Crippen LogP contribution in [0, 0.1) is 0 Å². The quantitative estimate of drug-likeness (QED) is 0.425. The van der Waals surface area contributed by atoms with E-state index >= 15 is 0 Å². The van der Waals surface area contributed by atoms with Crippen LogP contribution in [0.3, 0.4) is 0 Å². The third-order valence-corrected chi connectivity index (χ3v) is 1.38. The molecule has 0 spiro atoms. The molecule has 8 heavy (non-hydrogen) atoms. The number of carbonyl (C=O) groups is 2. The van der Waals surface area contributed by atoms with Gasteiger partial charge < -0.3 is 0 Å². The second-order valence-corrected chi connectivity index (χ2v) is 2.65. The first-order valence-corrected chi connectivity index (χ1v) is 3.88. The van der Waals surface area contributed by atoms with E-state index in [1.165, 1.54) is 0 Å². The fourth-order valence-corrected chi connectivity index (χ4v) is 0.742. The number of rotatable bonds is 3. The maximum atomic E-state index is 10.3. The van der Waals surface area contributed by atoms with Gasteiger partial charge in [0.05, 0.1) is 0 Å². The summed E-state index contributed by atoms with van der Waals surface area (Å²) in [6.07, 6.45) is 0.268. The fourth-order valence-electron chi connectivity index (χ4n) is 0.184. The lowest BCUT2D eigenvalue weighted by molar-refractivity contribution is -0.131. The molecule has 4 heteroatoms. The Morgan fingerprint density at radius 2 is 1.88 bits per heavy atom. The molecule has 0 radical (unpaired) electrons. The number of Topliss-reactive ketones (excluding diaryl/α,β-unsaturated/α-hetero) is 1. The monoisotopic (exact) mass is 242 g/mol. The highest BCUT2D eigenvalue weighted by molar-refractivity contribution is 9.19. The molecule has 0 aliphatic heterocycles. The van der Waals surface area contributed by atoms with Crippen LogP contribution in [0.2, 0.25) is 0 Å². The summed E-state index contributed by atoms with van der Waals surface area (Å²) in [6, 6.07) is 0. The molecule has 0 unspecified atom stereocenters. The number of ketones is 1. The lowest BCUT2D eigenvalue weighted by Gasteiger charge is -1.84. The van der Waals surface area contributed by atoms with Crippen molar-refractivity contribution < 1.29 is 9.59 Å². The summed E-state index contributed by atoms with van der Waals surface area (Å²) in [7, 11) is 0. The van der Waals surface area contributed by atoms with E-state index in [0.29, 0.717) is 5.33 Å². The van der Waals surface area contributed by atoms with Crippen molar-refractivity contribution >= 4 is 42.3 Å². The molecule has 0 aromatic heterocycles. The van der Waals surface area contributed by atoms with Crippen LogP contribution in [0.15, 0.2) is 0 Å². The molecule has 46 valence electrons. The van der Waals surface area contributed by atoms with Crippen LogP contribution in [0.5, 0.6) is 0 Å². The first-order chi connectivity index (χ1) is 3.68. The summed E-state index contributed by atoms with van der Waals surface area (Å²) in [4.78, 5) is 20.4. The van der Waals surface area contributed by atoms with Crippen molar-refractivity contribution in [3.8, 4) is 0 Å². The molecule has 0 aromatic rings. The van der Waals surface area contributed by atoms with Gasteiger partial charge in [0.15, 0.2) is 0 Å². The van der Waals surface area contributed by atoms with Gasteiger partial charge in [0.1, 0.15) is 0 Å². The fraction of sp³-hybridized carbons (Fsp3) is 0.500. The van der Waals surface area contributed by atoms with Crippen molar-refractivity contribution in [2.45, 2.75) is 6.42 Å². The third-order valence-electron chi connectivity index (χ3n) is 0.541. The Morgan fingerprint density at radius 3 is 2.00 bits per heavy atom. The van der Waals surface area contributed by atoms with E-state index in [0.717, 1.165) is 0 Å². The van der Waals surface area contributed by atoms with Gasteiger partial charge >= 0.3 is 0 Å². The maximum Gasteiger partial charge on any atom is 0.263 e. The average Bonchev–Trinajstić information content (AvgIpc) is 1.67. The number of halogens is 2. The highest BCUT2D eigenvalue weighted by Crippen LogP contribution is 1.94. The number of carbonyl (C=O) groups excluding carboxylic acids is 2. The zero-order chi connectivity index (χ0) is 6.57. The highest BCUT2D eigenvalue weighted by Gasteiger charge is 2.06. The average molecular weight is 244 g/mol. The summed E-state index contributed by atoms with van der Waals surface area (Å²) >= 11 is 5.56. The molecule has 0 aliphatic carbocycles. The van der Waals surface area contributed by atoms with Gasteiger partial charge in [-0.1, -0.05) is 15.9 Å². The molecule has 0 N–H and O–H groups in total. The van der Waals surface area contributed by atoms with Gasteiger partial charge in [0.2, 0.25) is 5.78 Å². The zero-order valence-electron chi connectivity index (χ0n) is 3.99. The van der Waals surface area contributed by atoms with E-state index in [4.69, 9.17) is 0 Å². The molecule has 0 saturated carbocycles. The van der Waals surface area contributed by atoms with E-state index in [1.807, 2.05) is 0 Å². The van der Waals surface area contributed by atoms with Gasteiger partial charge in [-0.2, -0.15) is 0 Å². The van der Waals surface area contributed by atoms with Crippen LogP contribution >= 0.6 is 31.9 Å². The van der Waals surface area contributed by atoms with Crippen molar-refractivity contribution in [2.75, 3.05) is 5.33 Å². The molecule has 0 rings (SSSR count). The molecule has 0 bridgehead atoms. The van der Waals surface area contributed by atoms with Gasteiger partial charge in [-0.15, -0.1) is 0 Å². The van der Waals surface area contributed by atoms with Crippen LogP contribution in [-0.2, 0) is 9.59 Å². The minimum absolute atomic E-state index is 0.268. The Hall–Kier alpha value is 0.300. The lowest BCUT2D eigenvalue weighted by Crippen LogP contribution is -2.05. The summed E-state index contributed by atoms with van der Waals surface area (Å²) in [6.45, 7) is 0. The molecule has 2 nitrogen and oxygen atoms in total. The van der Waals surface area contributed by atoms with Gasteiger partial charge in [-0.05, 0) is 0 Å². The summed E-state index contributed by atoms with van der Waals surface area (Å²) in [5.41, 5.74) is 0. The molecule has 0 aliphatic rings. The highest BCUT2D eigenvalue weighted by atomic mass is 79.9. The molecule has 0 atom stereocenters. The minimum Gasteiger partial charge on any atom is -0.290 e. The van der Waals surface area contributed by atoms with Crippen LogP contribution in [-0.4, -0.2) is 15.8 Å². The van der Waals surface area contributed by atoms with Crippen LogP contribution in [0.4, 0.5) is 0 Å². The van der Waals surface area contributed by atoms with Crippen molar-refractivity contribution in [3.63, 3.8) is 0 Å². The van der Waals surface area contributed by atoms with E-state index in [2.05, 4.69) is 31.9 Å². The van der Waals surface area contributed by atoms with Gasteiger partial charge in [0.25, 0.3) is 4.69 Å². The molecule has 0 heterocycles. The topological polar surface area (TPSA) is 34.1 Å². The van der Waals surface area contributed by atoms with Gasteiger partial charge in [0, 0.05) is 27.7 Å². The predicted octanol–water partition coefficient (Wildman–Crippen LogP) is 1.26. The Balaban J connectivity index is 3.49. The zero-order valence-corrected chi connectivity index (χ0v) is 7.16. The van der Waals surface area contributed by atoms with Crippen molar-refractivity contribution in [1.29, 1.82) is 0 Å². The SMILES string of the molecule is O=C(Br)C(=O)CCBr. The summed E-state index contributed by atoms with van der Waals surface area (Å²) < 4.78 is -0.544. The first kappa shape index (κ1) is 8.30. The van der Waals surface area contributed by atoms with Crippen LogP contribution in [0.1, 0.15) is 6.42 Å². The standard InChI is InChI=1S/C4H4Br2O2/c5-2-1-3(7)4(6)8/h1-2H2. The van der Waals surface area contributed by atoms with Crippen LogP contribution < -0.4 is 0 Å². The number of alkyl halides is 1. The Bertz CT molecular complexity index is 111. The van der Waals surface area contributed by atoms with E-state index in [-0.39, 0.29) is 12.2 Å². The molecule has 0 amide bonds. The van der Waals surface area contributed by atoms with E-state index < -0.39 is 4.69 Å². The largest absolute Gasteiger partial charge is 0.290 e. The Labute approximate surface area is 63.9 Å². The number of hydrogen-bond acceptors (Lipinski definition) is 2. The van der Waals surface area contributed by atoms with Gasteiger partial charge in [-0.25, -0.2) is 0 Å². The van der Waals surface area contributed by atoms with Crippen molar-refractivity contribution in [1.82, 2.24) is 0 Å². The first-order valence-electron chi connectivity index (χ1n) is 1.97. The second-order valence-electron chi connectivity index (χ2n) is 1.14. The normalized spacial score (nSPS) is 8.75. The number of hydrogen-bond donors (Lipinski definition) is 0. The van der Waals surface area contributed by atoms with Gasteiger partial charge in [-0.3, -0.25) is 9.59 Å². The third kappa shape index (κ3) is 3.32. The van der Waals surface area contributed by atoms with Crippen LogP contribution in [0.25, 0.3) is 0 Å². The van der Waals surface area contributed by atoms with E-state index in [9.17, 15) is 9.59 Å². The second kappa shape index (κ2) is 4.21. The Morgan fingerprint density at radius 1 is 1.38 bits per heavy atom. The summed E-state index contributed by atoms with van der Waals surface area (Å²) in [5.74, 6) is -0.387. The lowest BCUT2D eigenvalue weighted by atomic mass is 10.3. The molecular formula is C4H4Br2O2. The predicted molar refractivity (Wildman–Crippen MR) is 37.4 cm³/mol. The van der Waals surface area contributed by atoms with E-state index in [1.54, 1.807) is 0 Å². The Kier molecular flexibility index (Phi) is 4.36. The van der Waals surface area contributed by atoms with Crippen molar-refractivity contribution in [3.05, 3.63) is 0 Å². The smallest absolute Gasteiger partial charge is 0.263 e. The molecule has 0 saturated heterocycles. The summed E-state index contributed by atoms with van der Waals surface area (Å²) in [5, 5.41) is 0.545. The minimum atomic E-state index is -0.544. The van der Waals surface area contributed by atoms with Crippen molar-refractivity contribution in [2.24, 2.45) is 0 Å². The molecule has 0 aromatic carbocycles. The maximum absolute atomic E-state index is 10.3. The molecular weight excluding hydrogens is 240 g/mol.